The van der Waals surface area contributed by atoms with Crippen LogP contribution in [0, 0.1) is 0 Å². The highest BCUT2D eigenvalue weighted by Gasteiger charge is 2.16. The van der Waals surface area contributed by atoms with Gasteiger partial charge in [-0.25, -0.2) is 0 Å². The van der Waals surface area contributed by atoms with Gasteiger partial charge in [0.2, 0.25) is 5.91 Å². The summed E-state index contributed by atoms with van der Waals surface area (Å²) in [6, 6.07) is -6.24. The van der Waals surface area contributed by atoms with E-state index in [-0.39, 0.29) is 12.8 Å². The van der Waals surface area contributed by atoms with Crippen molar-refractivity contribution >= 4 is 41.7 Å². The maximum absolute atomic E-state index is 10.1. The van der Waals surface area contributed by atoms with Crippen molar-refractivity contribution in [3.05, 3.63) is 0 Å². The molecule has 268 valence electrons. The Bertz CT molecular complexity index is 814. The number of hydrogen-bond donors (Lipinski definition) is 17. The van der Waals surface area contributed by atoms with Crippen molar-refractivity contribution in [2.75, 3.05) is 19.8 Å². The van der Waals surface area contributed by atoms with Gasteiger partial charge in [-0.2, -0.15) is 0 Å². The van der Waals surface area contributed by atoms with Gasteiger partial charge in [0.05, 0.1) is 25.9 Å². The SMILES string of the molecule is C[C@@H](O)[C@H](N)C(=O)O.C[C@H](N)C(=O)O.NC(=O)CC[C@H](N)C(=O)O.N[C@@H](CO)C(=O)O.N[C@@H](CO)C(=O)O.N[C@@H](CO)C(=O)O. The predicted molar refractivity (Wildman–Crippen MR) is 151 cm³/mol. The molecule has 0 spiro atoms. The van der Waals surface area contributed by atoms with Crippen molar-refractivity contribution in [2.45, 2.75) is 69.0 Å². The fraction of sp³-hybridized carbons (Fsp3) is 0.667. The number of aliphatic carboxylic acids is 6. The van der Waals surface area contributed by atoms with Gasteiger partial charge in [0.1, 0.15) is 36.3 Å². The van der Waals surface area contributed by atoms with Crippen molar-refractivity contribution in [1.82, 2.24) is 0 Å². The van der Waals surface area contributed by atoms with Gasteiger partial charge in [0.25, 0.3) is 0 Å². The molecule has 0 radical (unpaired) electrons. The minimum atomic E-state index is -1.18. The first kappa shape index (κ1) is 53.4. The Hall–Kier alpha value is -4.11. The highest BCUT2D eigenvalue weighted by Crippen LogP contribution is 1.92. The van der Waals surface area contributed by atoms with Gasteiger partial charge in [0, 0.05) is 6.42 Å². The zero-order valence-corrected chi connectivity index (χ0v) is 24.4. The Balaban J connectivity index is -0.000000102. The van der Waals surface area contributed by atoms with E-state index in [1.807, 2.05) is 0 Å². The summed E-state index contributed by atoms with van der Waals surface area (Å²) in [5.41, 5.74) is 33.9. The van der Waals surface area contributed by atoms with Gasteiger partial charge in [-0.3, -0.25) is 33.6 Å². The summed E-state index contributed by atoms with van der Waals surface area (Å²) in [6.45, 7) is 1.24. The van der Waals surface area contributed by atoms with Crippen molar-refractivity contribution in [2.24, 2.45) is 40.1 Å². The number of carbonyl (C=O) groups is 7. The molecule has 24 heteroatoms. The number of carboxylic acids is 6. The second-order valence-electron chi connectivity index (χ2n) is 8.06. The smallest absolute Gasteiger partial charge is 0.323 e. The lowest BCUT2D eigenvalue weighted by Crippen LogP contribution is -2.39. The Morgan fingerprint density at radius 2 is 0.756 bits per heavy atom. The lowest BCUT2D eigenvalue weighted by molar-refractivity contribution is -0.141. The van der Waals surface area contributed by atoms with E-state index in [4.69, 9.17) is 91.2 Å². The maximum Gasteiger partial charge on any atom is 0.323 e. The quantitative estimate of drug-likeness (QED) is 0.0865. The molecule has 0 bridgehead atoms. The first-order valence-corrected chi connectivity index (χ1v) is 12.0. The molecule has 45 heavy (non-hydrogen) atoms. The standard InChI is InChI=1S/C5H10N2O3.C4H9NO3.3C3H7NO3.C3H7NO2/c6-3(5(9)10)1-2-4(7)8;1-2(6)3(5)4(7)8;3*4-2(1-5)3(6)7;1-2(4)3(5)6/h3H,1-2,6H2,(H2,7,8)(H,9,10);2-3,6H,5H2,1H3,(H,7,8);3*2,5H,1,4H2,(H,6,7);2H,4H2,1H3,(H,5,6)/t3-;2-,3+;4*2-/m010000/s1. The van der Waals surface area contributed by atoms with E-state index >= 15 is 0 Å². The lowest BCUT2D eigenvalue weighted by atomic mass is 10.2. The molecule has 0 unspecified atom stereocenters. The average Bonchev–Trinajstić information content (AvgIpc) is 2.94. The van der Waals surface area contributed by atoms with Crippen molar-refractivity contribution < 1.29 is 84.6 Å². The third-order valence-corrected chi connectivity index (χ3v) is 3.76. The minimum Gasteiger partial charge on any atom is -0.480 e. The van der Waals surface area contributed by atoms with Crippen molar-refractivity contribution in [3.63, 3.8) is 0 Å². The molecule has 0 aliphatic rings. The van der Waals surface area contributed by atoms with Crippen molar-refractivity contribution in [3.8, 4) is 0 Å². The normalized spacial score (nSPS) is 14.0. The van der Waals surface area contributed by atoms with Crippen LogP contribution in [0.3, 0.4) is 0 Å². The molecular formula is C21H47N7O17. The van der Waals surface area contributed by atoms with E-state index in [0.29, 0.717) is 0 Å². The van der Waals surface area contributed by atoms with Crippen LogP contribution in [0.4, 0.5) is 0 Å². The van der Waals surface area contributed by atoms with Crippen LogP contribution in [0.5, 0.6) is 0 Å². The summed E-state index contributed by atoms with van der Waals surface area (Å²) in [6.07, 6.45) is -0.856. The van der Waals surface area contributed by atoms with Crippen molar-refractivity contribution in [1.29, 1.82) is 0 Å². The Morgan fingerprint density at radius 1 is 0.511 bits per heavy atom. The largest absolute Gasteiger partial charge is 0.480 e. The molecule has 0 heterocycles. The fourth-order valence-corrected chi connectivity index (χ4v) is 0.862. The summed E-state index contributed by atoms with van der Waals surface area (Å²) in [4.78, 5) is 68.5. The number of rotatable bonds is 13. The van der Waals surface area contributed by atoms with Crippen LogP contribution in [0.25, 0.3) is 0 Å². The Labute approximate surface area is 256 Å². The van der Waals surface area contributed by atoms with Gasteiger partial charge in [0.15, 0.2) is 0 Å². The van der Waals surface area contributed by atoms with Crippen LogP contribution in [-0.4, -0.2) is 155 Å². The third-order valence-electron chi connectivity index (χ3n) is 3.76. The van der Waals surface area contributed by atoms with E-state index < -0.39 is 104 Å². The molecule has 0 rings (SSSR count). The van der Waals surface area contributed by atoms with Crippen LogP contribution >= 0.6 is 0 Å². The third kappa shape index (κ3) is 47.0. The molecule has 1 amide bonds. The zero-order valence-electron chi connectivity index (χ0n) is 24.4. The number of primary amides is 1. The molecule has 0 aromatic rings. The topological polar surface area (TPSA) is 504 Å². The number of aliphatic hydroxyl groups excluding tert-OH is 4. The van der Waals surface area contributed by atoms with Crippen LogP contribution in [-0.2, 0) is 33.6 Å². The monoisotopic (exact) mass is 669 g/mol. The van der Waals surface area contributed by atoms with Gasteiger partial charge >= 0.3 is 35.8 Å². The maximum atomic E-state index is 10.1. The van der Waals surface area contributed by atoms with Crippen LogP contribution in [0.1, 0.15) is 26.7 Å². The number of carboxylic acid groups (broad SMARTS) is 6. The Kier molecular flexibility index (Phi) is 39.0. The number of amides is 1. The number of carbonyl (C=O) groups excluding carboxylic acids is 1. The van der Waals surface area contributed by atoms with Gasteiger partial charge in [-0.1, -0.05) is 0 Å². The molecule has 0 saturated carbocycles. The first-order valence-electron chi connectivity index (χ1n) is 12.0. The zero-order chi connectivity index (χ0) is 37.6. The summed E-state index contributed by atoms with van der Waals surface area (Å²) in [7, 11) is 0. The molecule has 0 saturated heterocycles. The van der Waals surface area contributed by atoms with E-state index in [1.54, 1.807) is 0 Å². The molecule has 0 aromatic carbocycles. The highest BCUT2D eigenvalue weighted by molar-refractivity contribution is 5.77. The summed E-state index contributed by atoms with van der Waals surface area (Å²) >= 11 is 0. The fourth-order valence-electron chi connectivity index (χ4n) is 0.862. The van der Waals surface area contributed by atoms with Crippen LogP contribution < -0.4 is 40.1 Å². The number of nitrogens with two attached hydrogens (primary N) is 7. The lowest BCUT2D eigenvalue weighted by Gasteiger charge is -2.06. The van der Waals surface area contributed by atoms with E-state index in [0.717, 1.165) is 0 Å². The van der Waals surface area contributed by atoms with Crippen LogP contribution in [0.2, 0.25) is 0 Å². The summed E-state index contributed by atoms with van der Waals surface area (Å²) in [5, 5.41) is 80.3. The molecule has 0 aromatic heterocycles. The second kappa shape index (κ2) is 32.8. The molecular weight excluding hydrogens is 622 g/mol. The minimum absolute atomic E-state index is 0.0213. The van der Waals surface area contributed by atoms with Gasteiger partial charge in [-0.15, -0.1) is 0 Å². The highest BCUT2D eigenvalue weighted by atomic mass is 16.4. The van der Waals surface area contributed by atoms with E-state index in [1.165, 1.54) is 13.8 Å². The molecule has 24 N–H and O–H groups in total. The number of aliphatic hydroxyl groups is 4. The van der Waals surface area contributed by atoms with E-state index in [9.17, 15) is 33.6 Å². The molecule has 0 fully saturated rings. The predicted octanol–water partition coefficient (Wildman–Crippen LogP) is -7.97. The summed E-state index contributed by atoms with van der Waals surface area (Å²) < 4.78 is 0. The molecule has 24 nitrogen and oxygen atoms in total. The molecule has 0 aliphatic carbocycles. The van der Waals surface area contributed by atoms with Gasteiger partial charge < -0.3 is 91.2 Å². The second-order valence-corrected chi connectivity index (χ2v) is 8.06. The average molecular weight is 670 g/mol. The molecule has 7 atom stereocenters. The van der Waals surface area contributed by atoms with Crippen LogP contribution in [0.15, 0.2) is 0 Å². The molecule has 0 aliphatic heterocycles. The first-order chi connectivity index (χ1) is 20.3. The van der Waals surface area contributed by atoms with Gasteiger partial charge in [-0.05, 0) is 20.3 Å². The summed E-state index contributed by atoms with van der Waals surface area (Å²) in [5.74, 6) is -7.32. The Morgan fingerprint density at radius 3 is 0.822 bits per heavy atom. The van der Waals surface area contributed by atoms with E-state index in [2.05, 4.69) is 0 Å². The number of hydrogen-bond acceptors (Lipinski definition) is 17.